The maximum absolute atomic E-state index is 12.2. The van der Waals surface area contributed by atoms with E-state index in [0.29, 0.717) is 13.2 Å². The van der Waals surface area contributed by atoms with Gasteiger partial charge in [0.2, 0.25) is 5.91 Å². The van der Waals surface area contributed by atoms with Crippen molar-refractivity contribution in [3.63, 3.8) is 0 Å². The fourth-order valence-corrected chi connectivity index (χ4v) is 3.51. The summed E-state index contributed by atoms with van der Waals surface area (Å²) in [5, 5.41) is 5.14. The number of hydrogen-bond acceptors (Lipinski definition) is 3. The second kappa shape index (κ2) is 8.77. The molecule has 0 aliphatic carbocycles. The molecule has 26 heavy (non-hydrogen) atoms. The molecule has 0 unspecified atom stereocenters. The van der Waals surface area contributed by atoms with Crippen molar-refractivity contribution in [2.24, 2.45) is 0 Å². The lowest BCUT2D eigenvalue weighted by Gasteiger charge is -2.13. The van der Waals surface area contributed by atoms with Crippen molar-refractivity contribution < 1.29 is 9.53 Å². The summed E-state index contributed by atoms with van der Waals surface area (Å²) in [4.78, 5) is 13.3. The molecule has 0 saturated heterocycles. The van der Waals surface area contributed by atoms with Gasteiger partial charge in [0.1, 0.15) is 12.4 Å². The Labute approximate surface area is 158 Å². The Hall–Kier alpha value is -2.46. The second-order valence-corrected chi connectivity index (χ2v) is 7.64. The third-order valence-corrected chi connectivity index (χ3v) is 5.21. The largest absolute Gasteiger partial charge is 0.492 e. The molecule has 0 heterocycles. The highest BCUT2D eigenvalue weighted by Gasteiger charge is 2.13. The van der Waals surface area contributed by atoms with E-state index < -0.39 is 0 Å². The quantitative estimate of drug-likeness (QED) is 0.482. The van der Waals surface area contributed by atoms with Crippen molar-refractivity contribution >= 4 is 28.4 Å². The molecule has 0 aliphatic rings. The number of benzene rings is 3. The summed E-state index contributed by atoms with van der Waals surface area (Å²) in [5.41, 5.74) is 1.22. The third-order valence-electron chi connectivity index (χ3n) is 4.09. The van der Waals surface area contributed by atoms with Crippen LogP contribution in [-0.4, -0.2) is 24.3 Å². The Kier molecular flexibility index (Phi) is 6.18. The number of ether oxygens (including phenoxy) is 1. The van der Waals surface area contributed by atoms with E-state index in [4.69, 9.17) is 4.74 Å². The zero-order chi connectivity index (χ0) is 18.4. The topological polar surface area (TPSA) is 38.3 Å². The van der Waals surface area contributed by atoms with Crippen molar-refractivity contribution in [3.8, 4) is 5.75 Å². The minimum Gasteiger partial charge on any atom is -0.492 e. The standard InChI is InChI=1S/C22H23NO2S/c1-16-7-11-21(12-8-16)26-17(2)22(24)23-13-14-25-20-10-9-18-5-3-4-6-19(18)15-20/h3-12,15,17H,13-14H2,1-2H3,(H,23,24)/t17-/m0/s1. The smallest absolute Gasteiger partial charge is 0.233 e. The van der Waals surface area contributed by atoms with Gasteiger partial charge >= 0.3 is 0 Å². The molecule has 0 aliphatic heterocycles. The number of rotatable bonds is 7. The predicted molar refractivity (Wildman–Crippen MR) is 109 cm³/mol. The van der Waals surface area contributed by atoms with Crippen molar-refractivity contribution in [2.75, 3.05) is 13.2 Å². The highest BCUT2D eigenvalue weighted by Crippen LogP contribution is 2.23. The van der Waals surface area contributed by atoms with Crippen LogP contribution in [-0.2, 0) is 4.79 Å². The van der Waals surface area contributed by atoms with Crippen LogP contribution in [0.5, 0.6) is 5.75 Å². The summed E-state index contributed by atoms with van der Waals surface area (Å²) in [5.74, 6) is 0.845. The van der Waals surface area contributed by atoms with Crippen LogP contribution in [0.3, 0.4) is 0 Å². The first kappa shape index (κ1) is 18.3. The van der Waals surface area contributed by atoms with E-state index in [1.807, 2.05) is 49.4 Å². The summed E-state index contributed by atoms with van der Waals surface area (Å²) in [6.07, 6.45) is 0. The van der Waals surface area contributed by atoms with Crippen LogP contribution in [0.4, 0.5) is 0 Å². The molecule has 0 radical (unpaired) electrons. The van der Waals surface area contributed by atoms with Crippen LogP contribution >= 0.6 is 11.8 Å². The SMILES string of the molecule is Cc1ccc(S[C@@H](C)C(=O)NCCOc2ccc3ccccc3c2)cc1. The van der Waals surface area contributed by atoms with Crippen LogP contribution < -0.4 is 10.1 Å². The van der Waals surface area contributed by atoms with Gasteiger partial charge in [-0.25, -0.2) is 0 Å². The Morgan fingerprint density at radius 1 is 1.04 bits per heavy atom. The molecular formula is C22H23NO2S. The second-order valence-electron chi connectivity index (χ2n) is 6.22. The van der Waals surface area contributed by atoms with Crippen molar-refractivity contribution in [1.82, 2.24) is 5.32 Å². The lowest BCUT2D eigenvalue weighted by molar-refractivity contribution is -0.120. The van der Waals surface area contributed by atoms with E-state index in [2.05, 4.69) is 36.5 Å². The zero-order valence-corrected chi connectivity index (χ0v) is 15.9. The first-order valence-corrected chi connectivity index (χ1v) is 9.62. The molecule has 4 heteroatoms. The summed E-state index contributed by atoms with van der Waals surface area (Å²) < 4.78 is 5.75. The number of amides is 1. The lowest BCUT2D eigenvalue weighted by atomic mass is 10.1. The normalized spacial score (nSPS) is 11.9. The van der Waals surface area contributed by atoms with Crippen LogP contribution in [0.25, 0.3) is 10.8 Å². The number of thioether (sulfide) groups is 1. The Bertz CT molecular complexity index is 877. The van der Waals surface area contributed by atoms with E-state index in [-0.39, 0.29) is 11.2 Å². The van der Waals surface area contributed by atoms with Crippen LogP contribution in [0, 0.1) is 6.92 Å². The number of carbonyl (C=O) groups is 1. The van der Waals surface area contributed by atoms with Crippen molar-refractivity contribution in [1.29, 1.82) is 0 Å². The molecular weight excluding hydrogens is 342 g/mol. The first-order chi connectivity index (χ1) is 12.6. The molecule has 0 spiro atoms. The maximum atomic E-state index is 12.2. The van der Waals surface area contributed by atoms with E-state index in [1.165, 1.54) is 10.9 Å². The summed E-state index contributed by atoms with van der Waals surface area (Å²) in [6.45, 7) is 4.92. The Morgan fingerprint density at radius 3 is 2.54 bits per heavy atom. The van der Waals surface area contributed by atoms with E-state index in [9.17, 15) is 4.79 Å². The van der Waals surface area contributed by atoms with Gasteiger partial charge in [-0.3, -0.25) is 4.79 Å². The number of hydrogen-bond donors (Lipinski definition) is 1. The van der Waals surface area contributed by atoms with Gasteiger partial charge in [0, 0.05) is 4.90 Å². The fourth-order valence-electron chi connectivity index (χ4n) is 2.62. The summed E-state index contributed by atoms with van der Waals surface area (Å²) in [6, 6.07) is 22.4. The third kappa shape index (κ3) is 5.02. The molecule has 0 aromatic heterocycles. The molecule has 3 nitrogen and oxygen atoms in total. The predicted octanol–water partition coefficient (Wildman–Crippen LogP) is 4.82. The van der Waals surface area contributed by atoms with Crippen LogP contribution in [0.2, 0.25) is 0 Å². The maximum Gasteiger partial charge on any atom is 0.233 e. The average molecular weight is 365 g/mol. The van der Waals surface area contributed by atoms with Crippen molar-refractivity contribution in [2.45, 2.75) is 24.0 Å². The number of carbonyl (C=O) groups excluding carboxylic acids is 1. The highest BCUT2D eigenvalue weighted by molar-refractivity contribution is 8.00. The highest BCUT2D eigenvalue weighted by atomic mass is 32.2. The summed E-state index contributed by atoms with van der Waals surface area (Å²) in [7, 11) is 0. The van der Waals surface area contributed by atoms with Crippen molar-refractivity contribution in [3.05, 3.63) is 72.3 Å². The number of fused-ring (bicyclic) bond motifs is 1. The van der Waals surface area contributed by atoms with Gasteiger partial charge in [0.15, 0.2) is 0 Å². The molecule has 3 aromatic rings. The van der Waals surface area contributed by atoms with Gasteiger partial charge in [-0.15, -0.1) is 11.8 Å². The molecule has 3 aromatic carbocycles. The van der Waals surface area contributed by atoms with Crippen LogP contribution in [0.15, 0.2) is 71.6 Å². The molecule has 0 bridgehead atoms. The van der Waals surface area contributed by atoms with E-state index in [1.54, 1.807) is 11.8 Å². The van der Waals surface area contributed by atoms with E-state index >= 15 is 0 Å². The molecule has 1 atom stereocenters. The first-order valence-electron chi connectivity index (χ1n) is 8.74. The van der Waals surface area contributed by atoms with Gasteiger partial charge in [-0.1, -0.05) is 48.0 Å². The van der Waals surface area contributed by atoms with Gasteiger partial charge in [0.25, 0.3) is 0 Å². The van der Waals surface area contributed by atoms with Gasteiger partial charge in [-0.2, -0.15) is 0 Å². The molecule has 1 N–H and O–H groups in total. The van der Waals surface area contributed by atoms with Gasteiger partial charge in [0.05, 0.1) is 11.8 Å². The number of nitrogens with one attached hydrogen (secondary N) is 1. The fraction of sp³-hybridized carbons (Fsp3) is 0.227. The average Bonchev–Trinajstić information content (AvgIpc) is 2.66. The lowest BCUT2D eigenvalue weighted by Crippen LogP contribution is -2.33. The Morgan fingerprint density at radius 2 is 1.77 bits per heavy atom. The van der Waals surface area contributed by atoms with Gasteiger partial charge in [-0.05, 0) is 48.9 Å². The van der Waals surface area contributed by atoms with E-state index in [0.717, 1.165) is 16.0 Å². The molecule has 3 rings (SSSR count). The molecule has 1 amide bonds. The Balaban J connectivity index is 1.43. The zero-order valence-electron chi connectivity index (χ0n) is 15.1. The minimum atomic E-state index is -0.140. The molecule has 134 valence electrons. The molecule has 0 saturated carbocycles. The minimum absolute atomic E-state index is 0.0256. The van der Waals surface area contributed by atoms with Crippen LogP contribution in [0.1, 0.15) is 12.5 Å². The number of aryl methyl sites for hydroxylation is 1. The molecule has 0 fully saturated rings. The monoisotopic (exact) mass is 365 g/mol. The summed E-state index contributed by atoms with van der Waals surface area (Å²) >= 11 is 1.56. The van der Waals surface area contributed by atoms with Gasteiger partial charge < -0.3 is 10.1 Å².